The lowest BCUT2D eigenvalue weighted by atomic mass is 9.98. The molecule has 0 amide bonds. The van der Waals surface area contributed by atoms with Crippen molar-refractivity contribution in [1.82, 2.24) is 5.01 Å². The van der Waals surface area contributed by atoms with Gasteiger partial charge in [0.1, 0.15) is 24.4 Å². The molecule has 0 radical (unpaired) electrons. The summed E-state index contributed by atoms with van der Waals surface area (Å²) in [6.07, 6.45) is -2.38. The number of hydrogen-bond donors (Lipinski definition) is 6. The van der Waals surface area contributed by atoms with Crippen LogP contribution in [0.1, 0.15) is 26.2 Å². The minimum atomic E-state index is -1.46. The summed E-state index contributed by atoms with van der Waals surface area (Å²) in [4.78, 5) is 0. The fraction of sp³-hybridized carbons (Fsp3) is 0.833. The summed E-state index contributed by atoms with van der Waals surface area (Å²) in [7, 11) is 0. The highest BCUT2D eigenvalue weighted by molar-refractivity contribution is 4.99. The van der Waals surface area contributed by atoms with E-state index in [1.54, 1.807) is 0 Å². The highest BCUT2D eigenvalue weighted by Crippen LogP contribution is 2.22. The summed E-state index contributed by atoms with van der Waals surface area (Å²) in [5.41, 5.74) is 6.30. The summed E-state index contributed by atoms with van der Waals surface area (Å²) in [5.74, 6) is 5.75. The van der Waals surface area contributed by atoms with Crippen molar-refractivity contribution in [2.24, 2.45) is 11.6 Å². The van der Waals surface area contributed by atoms with Gasteiger partial charge in [-0.05, 0) is 12.8 Å². The Balaban J connectivity index is 2.73. The molecular weight excluding hydrogens is 266 g/mol. The third-order valence-corrected chi connectivity index (χ3v) is 3.29. The summed E-state index contributed by atoms with van der Waals surface area (Å²) in [6.45, 7) is 1.54. The number of rotatable bonds is 6. The van der Waals surface area contributed by atoms with Crippen LogP contribution in [0.4, 0.5) is 0 Å². The monoisotopic (exact) mass is 291 g/mol. The number of allylic oxidation sites excluding steroid dienone is 1. The van der Waals surface area contributed by atoms with Crippen LogP contribution in [0.3, 0.4) is 0 Å². The van der Waals surface area contributed by atoms with Gasteiger partial charge < -0.3 is 30.9 Å². The van der Waals surface area contributed by atoms with Crippen molar-refractivity contribution >= 4 is 0 Å². The maximum absolute atomic E-state index is 9.87. The first-order valence-electron chi connectivity index (χ1n) is 6.72. The number of hydrazine groups is 1. The predicted molar refractivity (Wildman–Crippen MR) is 71.6 cm³/mol. The van der Waals surface area contributed by atoms with Crippen LogP contribution in [-0.4, -0.2) is 62.7 Å². The molecule has 1 aliphatic rings. The van der Waals surface area contributed by atoms with E-state index in [-0.39, 0.29) is 0 Å². The fourth-order valence-corrected chi connectivity index (χ4v) is 2.04. The van der Waals surface area contributed by atoms with E-state index in [1.807, 2.05) is 6.92 Å². The van der Waals surface area contributed by atoms with Crippen LogP contribution in [0.25, 0.3) is 0 Å². The zero-order valence-corrected chi connectivity index (χ0v) is 11.6. The average Bonchev–Trinajstić information content (AvgIpc) is 2.42. The molecule has 0 saturated carbocycles. The number of ether oxygens (including phenoxy) is 1. The molecule has 0 aromatic carbocycles. The van der Waals surface area contributed by atoms with E-state index in [0.717, 1.165) is 17.9 Å². The van der Waals surface area contributed by atoms with E-state index in [1.165, 1.54) is 6.20 Å². The van der Waals surface area contributed by atoms with E-state index in [2.05, 4.69) is 0 Å². The van der Waals surface area contributed by atoms with Gasteiger partial charge in [-0.2, -0.15) is 0 Å². The molecule has 0 aliphatic carbocycles. The van der Waals surface area contributed by atoms with Gasteiger partial charge in [-0.3, -0.25) is 5.01 Å². The van der Waals surface area contributed by atoms with Crippen LogP contribution < -0.4 is 11.6 Å². The van der Waals surface area contributed by atoms with Gasteiger partial charge in [0, 0.05) is 11.9 Å². The Kier molecular flexibility index (Phi) is 6.66. The van der Waals surface area contributed by atoms with Gasteiger partial charge in [-0.15, -0.1) is 0 Å². The lowest BCUT2D eigenvalue weighted by Gasteiger charge is -2.42. The Hall–Kier alpha value is -0.900. The van der Waals surface area contributed by atoms with Gasteiger partial charge in [0.2, 0.25) is 0 Å². The van der Waals surface area contributed by atoms with E-state index in [9.17, 15) is 15.3 Å². The number of nitrogens with two attached hydrogens (primary N) is 2. The second-order valence-corrected chi connectivity index (χ2v) is 4.97. The maximum Gasteiger partial charge on any atom is 0.172 e. The molecular formula is C12H25N3O5. The smallest absolute Gasteiger partial charge is 0.172 e. The SMILES string of the molecule is CCCC/C(N)=C/N(N)C1OC(CO)C(O)C(O)C1O. The van der Waals surface area contributed by atoms with Gasteiger partial charge in [0.05, 0.1) is 6.61 Å². The largest absolute Gasteiger partial charge is 0.401 e. The molecule has 8 heteroatoms. The molecule has 118 valence electrons. The molecule has 1 aliphatic heterocycles. The van der Waals surface area contributed by atoms with Crippen molar-refractivity contribution < 1.29 is 25.2 Å². The zero-order valence-electron chi connectivity index (χ0n) is 11.6. The molecule has 1 fully saturated rings. The van der Waals surface area contributed by atoms with Crippen molar-refractivity contribution in [1.29, 1.82) is 0 Å². The quantitative estimate of drug-likeness (QED) is 0.242. The van der Waals surface area contributed by atoms with E-state index < -0.39 is 37.3 Å². The number of unbranched alkanes of at least 4 members (excludes halogenated alkanes) is 1. The molecule has 8 N–H and O–H groups in total. The number of aliphatic hydroxyl groups excluding tert-OH is 4. The molecule has 8 nitrogen and oxygen atoms in total. The molecule has 0 aromatic heterocycles. The Morgan fingerprint density at radius 2 is 1.90 bits per heavy atom. The average molecular weight is 291 g/mol. The summed E-state index contributed by atoms with van der Waals surface area (Å²) in [6, 6.07) is 0. The lowest BCUT2D eigenvalue weighted by Crippen LogP contribution is -2.63. The van der Waals surface area contributed by atoms with Gasteiger partial charge in [-0.25, -0.2) is 5.84 Å². The molecule has 20 heavy (non-hydrogen) atoms. The Labute approximate surface area is 118 Å². The van der Waals surface area contributed by atoms with Crippen LogP contribution in [0.2, 0.25) is 0 Å². The summed E-state index contributed by atoms with van der Waals surface area (Å²) < 4.78 is 5.29. The van der Waals surface area contributed by atoms with Crippen LogP contribution in [0.5, 0.6) is 0 Å². The molecule has 1 rings (SSSR count). The summed E-state index contributed by atoms with van der Waals surface area (Å²) >= 11 is 0. The molecule has 1 saturated heterocycles. The summed E-state index contributed by atoms with van der Waals surface area (Å²) in [5, 5.41) is 39.3. The van der Waals surface area contributed by atoms with E-state index >= 15 is 0 Å². The first kappa shape index (κ1) is 17.2. The zero-order chi connectivity index (χ0) is 15.3. The van der Waals surface area contributed by atoms with Gasteiger partial charge in [0.15, 0.2) is 6.23 Å². The van der Waals surface area contributed by atoms with Crippen LogP contribution >= 0.6 is 0 Å². The second kappa shape index (κ2) is 7.77. The second-order valence-electron chi connectivity index (χ2n) is 4.97. The van der Waals surface area contributed by atoms with Crippen LogP contribution in [0.15, 0.2) is 11.9 Å². The van der Waals surface area contributed by atoms with E-state index in [0.29, 0.717) is 12.1 Å². The van der Waals surface area contributed by atoms with Crippen molar-refractivity contribution in [2.45, 2.75) is 56.8 Å². The van der Waals surface area contributed by atoms with Crippen molar-refractivity contribution in [3.05, 3.63) is 11.9 Å². The third-order valence-electron chi connectivity index (χ3n) is 3.29. The molecule has 5 atom stereocenters. The van der Waals surface area contributed by atoms with E-state index in [4.69, 9.17) is 21.4 Å². The standard InChI is InChI=1S/C12H25N3O5/c1-2-3-4-7(13)5-15(14)12-11(19)10(18)9(17)8(6-16)20-12/h5,8-12,16-19H,2-4,6,13-14H2,1H3/b7-5-. The first-order chi connectivity index (χ1) is 9.42. The molecule has 0 aromatic rings. The molecule has 0 spiro atoms. The molecule has 5 unspecified atom stereocenters. The molecule has 1 heterocycles. The highest BCUT2D eigenvalue weighted by atomic mass is 16.6. The topological polar surface area (TPSA) is 145 Å². The van der Waals surface area contributed by atoms with Crippen molar-refractivity contribution in [3.63, 3.8) is 0 Å². The Morgan fingerprint density at radius 1 is 1.25 bits per heavy atom. The van der Waals surface area contributed by atoms with Gasteiger partial charge in [0.25, 0.3) is 0 Å². The third kappa shape index (κ3) is 4.05. The minimum absolute atomic E-state index is 0.496. The number of nitrogens with zero attached hydrogens (tertiary/aromatic N) is 1. The normalized spacial score (nSPS) is 35.1. The first-order valence-corrected chi connectivity index (χ1v) is 6.72. The number of aliphatic hydroxyl groups is 4. The van der Waals surface area contributed by atoms with Gasteiger partial charge in [-0.1, -0.05) is 13.3 Å². The lowest BCUT2D eigenvalue weighted by molar-refractivity contribution is -0.259. The highest BCUT2D eigenvalue weighted by Gasteiger charge is 2.44. The predicted octanol–water partition coefficient (Wildman–Crippen LogP) is -2.05. The van der Waals surface area contributed by atoms with Crippen LogP contribution in [-0.2, 0) is 4.74 Å². The van der Waals surface area contributed by atoms with Crippen molar-refractivity contribution in [3.8, 4) is 0 Å². The van der Waals surface area contributed by atoms with Gasteiger partial charge >= 0.3 is 0 Å². The maximum atomic E-state index is 9.87. The molecule has 0 bridgehead atoms. The Morgan fingerprint density at radius 3 is 2.45 bits per heavy atom. The Bertz CT molecular complexity index is 326. The minimum Gasteiger partial charge on any atom is -0.401 e. The fourth-order valence-electron chi connectivity index (χ4n) is 2.04. The number of hydrogen-bond acceptors (Lipinski definition) is 8. The van der Waals surface area contributed by atoms with Crippen LogP contribution in [0, 0.1) is 0 Å². The van der Waals surface area contributed by atoms with Crippen molar-refractivity contribution in [2.75, 3.05) is 6.61 Å².